The molecule has 0 radical (unpaired) electrons. The molecule has 0 bridgehead atoms. The molecule has 1 aliphatic heterocycles. The summed E-state index contributed by atoms with van der Waals surface area (Å²) in [4.78, 5) is 8.67. The van der Waals surface area contributed by atoms with Gasteiger partial charge in [-0.1, -0.05) is 23.7 Å². The van der Waals surface area contributed by atoms with E-state index in [1.807, 2.05) is 0 Å². The number of ether oxygens (including phenoxy) is 3. The molecule has 0 aliphatic carbocycles. The molecule has 1 saturated heterocycles. The van der Waals surface area contributed by atoms with E-state index in [0.717, 1.165) is 0 Å². The minimum absolute atomic E-state index is 0.0125. The highest BCUT2D eigenvalue weighted by molar-refractivity contribution is 6.34. The summed E-state index contributed by atoms with van der Waals surface area (Å²) in [5.41, 5.74) is 1.55. The molecular weight excluding hydrogens is 296 g/mol. The summed E-state index contributed by atoms with van der Waals surface area (Å²) >= 11 is 6.08. The minimum atomic E-state index is -0.568. The fourth-order valence-corrected chi connectivity index (χ4v) is 2.28. The minimum Gasteiger partial charge on any atom is -0.506 e. The molecule has 0 unspecified atom stereocenters. The topological polar surface area (TPSA) is 73.7 Å². The first-order valence-electron chi connectivity index (χ1n) is 6.32. The van der Waals surface area contributed by atoms with Crippen LogP contribution >= 0.6 is 11.6 Å². The van der Waals surface area contributed by atoms with Crippen LogP contribution < -0.4 is 4.74 Å². The predicted molar refractivity (Wildman–Crippen MR) is 75.3 cm³/mol. The third kappa shape index (κ3) is 2.65. The molecule has 6 nitrogen and oxygen atoms in total. The Morgan fingerprint density at radius 3 is 2.81 bits per heavy atom. The van der Waals surface area contributed by atoms with Gasteiger partial charge in [0.2, 0.25) is 12.2 Å². The molecule has 1 aliphatic rings. The first kappa shape index (κ1) is 14.1. The Morgan fingerprint density at radius 1 is 1.33 bits per heavy atom. The van der Waals surface area contributed by atoms with E-state index in [-0.39, 0.29) is 10.8 Å². The fraction of sp³-hybridized carbons (Fsp3) is 0.286. The number of phenols is 1. The largest absolute Gasteiger partial charge is 0.506 e. The van der Waals surface area contributed by atoms with Crippen molar-refractivity contribution in [1.82, 2.24) is 9.97 Å². The molecule has 1 aromatic carbocycles. The number of halogens is 1. The second-order valence-electron chi connectivity index (χ2n) is 4.36. The van der Waals surface area contributed by atoms with Crippen LogP contribution in [0.25, 0.3) is 11.3 Å². The molecule has 1 fully saturated rings. The van der Waals surface area contributed by atoms with Crippen molar-refractivity contribution >= 4 is 11.6 Å². The van der Waals surface area contributed by atoms with Gasteiger partial charge in [0, 0.05) is 5.56 Å². The van der Waals surface area contributed by atoms with Gasteiger partial charge in [-0.05, 0) is 6.07 Å². The molecule has 2 heterocycles. The lowest BCUT2D eigenvalue weighted by Crippen LogP contribution is -2.06. The molecule has 7 heteroatoms. The van der Waals surface area contributed by atoms with Crippen LogP contribution in [0.2, 0.25) is 5.02 Å². The van der Waals surface area contributed by atoms with Crippen molar-refractivity contribution in [2.24, 2.45) is 0 Å². The van der Waals surface area contributed by atoms with Gasteiger partial charge in [0.25, 0.3) is 0 Å². The number of nitrogens with zero attached hydrogens (tertiary/aromatic N) is 2. The molecule has 2 aromatic rings. The lowest BCUT2D eigenvalue weighted by molar-refractivity contribution is -0.0491. The van der Waals surface area contributed by atoms with Crippen LogP contribution in [0.15, 0.2) is 24.4 Å². The van der Waals surface area contributed by atoms with Crippen molar-refractivity contribution < 1.29 is 19.3 Å². The van der Waals surface area contributed by atoms with Gasteiger partial charge in [-0.2, -0.15) is 0 Å². The first-order chi connectivity index (χ1) is 10.2. The summed E-state index contributed by atoms with van der Waals surface area (Å²) in [5.74, 6) is 0.292. The van der Waals surface area contributed by atoms with E-state index in [9.17, 15) is 5.11 Å². The third-order valence-electron chi connectivity index (χ3n) is 3.06. The lowest BCUT2D eigenvalue weighted by Gasteiger charge is -2.13. The second kappa shape index (κ2) is 5.85. The normalized spacial score (nSPS) is 15.3. The Kier molecular flexibility index (Phi) is 3.92. The van der Waals surface area contributed by atoms with Crippen LogP contribution in [0.3, 0.4) is 0 Å². The molecule has 1 aromatic heterocycles. The van der Waals surface area contributed by atoms with Gasteiger partial charge in [-0.3, -0.25) is 0 Å². The molecule has 110 valence electrons. The van der Waals surface area contributed by atoms with Crippen LogP contribution in [-0.4, -0.2) is 35.4 Å². The predicted octanol–water partition coefficient (Wildman–Crippen LogP) is 2.56. The van der Waals surface area contributed by atoms with Crippen molar-refractivity contribution in [2.45, 2.75) is 6.29 Å². The van der Waals surface area contributed by atoms with Crippen molar-refractivity contribution in [3.05, 3.63) is 35.1 Å². The van der Waals surface area contributed by atoms with Gasteiger partial charge in [-0.25, -0.2) is 9.97 Å². The lowest BCUT2D eigenvalue weighted by atomic mass is 10.1. The van der Waals surface area contributed by atoms with Gasteiger partial charge < -0.3 is 19.3 Å². The Balaban J connectivity index is 2.03. The number of methoxy groups -OCH3 is 1. The SMILES string of the molecule is COc1nc(-c2cccc(O)c2Cl)cnc1C1OCCO1. The molecule has 1 N–H and O–H groups in total. The first-order valence-corrected chi connectivity index (χ1v) is 6.70. The summed E-state index contributed by atoms with van der Waals surface area (Å²) < 4.78 is 16.0. The van der Waals surface area contributed by atoms with Crippen LogP contribution in [0.4, 0.5) is 0 Å². The monoisotopic (exact) mass is 308 g/mol. The van der Waals surface area contributed by atoms with E-state index >= 15 is 0 Å². The maximum absolute atomic E-state index is 9.66. The van der Waals surface area contributed by atoms with Crippen molar-refractivity contribution in [3.8, 4) is 22.9 Å². The van der Waals surface area contributed by atoms with Gasteiger partial charge >= 0.3 is 0 Å². The molecule has 0 spiro atoms. The van der Waals surface area contributed by atoms with E-state index in [2.05, 4.69) is 9.97 Å². The Bertz CT molecular complexity index is 659. The van der Waals surface area contributed by atoms with Gasteiger partial charge in [0.1, 0.15) is 5.75 Å². The zero-order valence-electron chi connectivity index (χ0n) is 11.2. The highest BCUT2D eigenvalue weighted by Crippen LogP contribution is 2.35. The maximum Gasteiger partial charge on any atom is 0.241 e. The molecule has 0 amide bonds. The van der Waals surface area contributed by atoms with E-state index in [4.69, 9.17) is 25.8 Å². The summed E-state index contributed by atoms with van der Waals surface area (Å²) in [6, 6.07) is 4.93. The fourth-order valence-electron chi connectivity index (χ4n) is 2.06. The quantitative estimate of drug-likeness (QED) is 0.939. The Morgan fingerprint density at radius 2 is 2.10 bits per heavy atom. The second-order valence-corrected chi connectivity index (χ2v) is 4.74. The number of phenolic OH excluding ortho intramolecular Hbond substituents is 1. The molecule has 0 saturated carbocycles. The number of aromatic nitrogens is 2. The van der Waals surface area contributed by atoms with Crippen molar-refractivity contribution in [3.63, 3.8) is 0 Å². The molecule has 0 atom stereocenters. The number of hydrogen-bond donors (Lipinski definition) is 1. The van der Waals surface area contributed by atoms with Gasteiger partial charge in [-0.15, -0.1) is 0 Å². The highest BCUT2D eigenvalue weighted by atomic mass is 35.5. The van der Waals surface area contributed by atoms with Crippen LogP contribution in [-0.2, 0) is 9.47 Å². The smallest absolute Gasteiger partial charge is 0.241 e. The van der Waals surface area contributed by atoms with Crippen LogP contribution in [0.5, 0.6) is 11.6 Å². The average molecular weight is 309 g/mol. The summed E-state index contributed by atoms with van der Waals surface area (Å²) in [5, 5.41) is 9.88. The molecular formula is C14H13ClN2O4. The maximum atomic E-state index is 9.66. The van der Waals surface area contributed by atoms with Crippen LogP contribution in [0, 0.1) is 0 Å². The Labute approximate surface area is 126 Å². The van der Waals surface area contributed by atoms with Gasteiger partial charge in [0.15, 0.2) is 5.69 Å². The van der Waals surface area contributed by atoms with E-state index in [1.54, 1.807) is 18.3 Å². The van der Waals surface area contributed by atoms with Crippen molar-refractivity contribution in [1.29, 1.82) is 0 Å². The van der Waals surface area contributed by atoms with Gasteiger partial charge in [0.05, 0.1) is 37.2 Å². The van der Waals surface area contributed by atoms with Crippen LogP contribution in [0.1, 0.15) is 12.0 Å². The number of aromatic hydroxyl groups is 1. The van der Waals surface area contributed by atoms with E-state index in [1.165, 1.54) is 13.2 Å². The summed E-state index contributed by atoms with van der Waals surface area (Å²) in [6.07, 6.45) is 0.977. The molecule has 21 heavy (non-hydrogen) atoms. The number of hydrogen-bond acceptors (Lipinski definition) is 6. The zero-order valence-corrected chi connectivity index (χ0v) is 12.0. The highest BCUT2D eigenvalue weighted by Gasteiger charge is 2.25. The summed E-state index contributed by atoms with van der Waals surface area (Å²) in [7, 11) is 1.50. The van der Waals surface area contributed by atoms with E-state index in [0.29, 0.717) is 36.0 Å². The number of benzene rings is 1. The zero-order chi connectivity index (χ0) is 14.8. The Hall–Kier alpha value is -1.89. The summed E-state index contributed by atoms with van der Waals surface area (Å²) in [6.45, 7) is 1.02. The standard InChI is InChI=1S/C14H13ClN2O4/c1-19-13-12(14-20-5-6-21-14)16-7-9(17-13)8-3-2-4-10(18)11(8)15/h2-4,7,14,18H,5-6H2,1H3. The van der Waals surface area contributed by atoms with E-state index < -0.39 is 6.29 Å². The molecule has 3 rings (SSSR count). The average Bonchev–Trinajstić information content (AvgIpc) is 3.03. The number of rotatable bonds is 3. The third-order valence-corrected chi connectivity index (χ3v) is 3.46. The van der Waals surface area contributed by atoms with Crippen molar-refractivity contribution in [2.75, 3.05) is 20.3 Å².